The molecule has 1 fully saturated rings. The molecule has 2 rings (SSSR count). The number of hydrogen-bond acceptors (Lipinski definition) is 4. The van der Waals surface area contributed by atoms with Crippen LogP contribution in [-0.2, 0) is 4.74 Å². The van der Waals surface area contributed by atoms with Crippen molar-refractivity contribution in [2.45, 2.75) is 6.42 Å². The van der Waals surface area contributed by atoms with Gasteiger partial charge in [0, 0.05) is 24.0 Å². The molecule has 0 spiro atoms. The molecule has 1 aliphatic heterocycles. The van der Waals surface area contributed by atoms with E-state index in [0.29, 0.717) is 23.2 Å². The van der Waals surface area contributed by atoms with Crippen LogP contribution in [0.4, 0.5) is 0 Å². The zero-order chi connectivity index (χ0) is 10.7. The molecule has 1 aromatic rings. The summed E-state index contributed by atoms with van der Waals surface area (Å²) in [6.07, 6.45) is 1.02. The predicted octanol–water partition coefficient (Wildman–Crippen LogP) is 1.86. The number of carbonyl (C=O) groups is 1. The van der Waals surface area contributed by atoms with Gasteiger partial charge in [-0.1, -0.05) is 0 Å². The summed E-state index contributed by atoms with van der Waals surface area (Å²) in [5, 5.41) is 10.4. The van der Waals surface area contributed by atoms with Crippen LogP contribution in [-0.4, -0.2) is 30.9 Å². The Kier molecular flexibility index (Phi) is 3.23. The van der Waals surface area contributed by atoms with Crippen molar-refractivity contribution in [3.63, 3.8) is 0 Å². The molecule has 82 valence electrons. The second kappa shape index (κ2) is 4.63. The van der Waals surface area contributed by atoms with E-state index in [1.165, 1.54) is 11.3 Å². The molecule has 0 radical (unpaired) electrons. The summed E-state index contributed by atoms with van der Waals surface area (Å²) >= 11 is 1.18. The molecule has 0 aliphatic carbocycles. The predicted molar refractivity (Wildman–Crippen MR) is 55.7 cm³/mol. The number of aromatic carboxylic acids is 1. The van der Waals surface area contributed by atoms with E-state index in [0.717, 1.165) is 19.6 Å². The Balaban J connectivity index is 1.84. The van der Waals surface area contributed by atoms with Crippen LogP contribution < -0.4 is 4.74 Å². The van der Waals surface area contributed by atoms with Gasteiger partial charge >= 0.3 is 5.97 Å². The topological polar surface area (TPSA) is 55.8 Å². The Bertz CT molecular complexity index is 341. The van der Waals surface area contributed by atoms with Crippen molar-refractivity contribution in [2.24, 2.45) is 5.92 Å². The van der Waals surface area contributed by atoms with Crippen molar-refractivity contribution in [3.05, 3.63) is 16.3 Å². The first-order valence-corrected chi connectivity index (χ1v) is 5.66. The third-order valence-electron chi connectivity index (χ3n) is 2.30. The summed E-state index contributed by atoms with van der Waals surface area (Å²) in [5.74, 6) is 0.182. The smallest absolute Gasteiger partial charge is 0.346 e. The lowest BCUT2D eigenvalue weighted by Crippen LogP contribution is -2.11. The van der Waals surface area contributed by atoms with E-state index in [4.69, 9.17) is 14.6 Å². The summed E-state index contributed by atoms with van der Waals surface area (Å²) in [5.41, 5.74) is 0. The van der Waals surface area contributed by atoms with Crippen LogP contribution in [0.2, 0.25) is 0 Å². The van der Waals surface area contributed by atoms with Crippen molar-refractivity contribution in [3.8, 4) is 5.75 Å². The minimum atomic E-state index is -0.904. The van der Waals surface area contributed by atoms with Crippen LogP contribution in [0.15, 0.2) is 11.4 Å². The van der Waals surface area contributed by atoms with E-state index < -0.39 is 5.97 Å². The SMILES string of the molecule is O=C(O)c1cc(OCC2CCOC2)cs1. The van der Waals surface area contributed by atoms with Crippen molar-refractivity contribution in [2.75, 3.05) is 19.8 Å². The Morgan fingerprint density at radius 2 is 2.60 bits per heavy atom. The molecule has 1 unspecified atom stereocenters. The van der Waals surface area contributed by atoms with Gasteiger partial charge in [-0.3, -0.25) is 0 Å². The second-order valence-electron chi connectivity index (χ2n) is 3.49. The monoisotopic (exact) mass is 228 g/mol. The van der Waals surface area contributed by atoms with Crippen LogP contribution in [0, 0.1) is 5.92 Å². The van der Waals surface area contributed by atoms with Crippen LogP contribution >= 0.6 is 11.3 Å². The van der Waals surface area contributed by atoms with Crippen molar-refractivity contribution in [1.29, 1.82) is 0 Å². The molecular formula is C10H12O4S. The maximum atomic E-state index is 10.6. The summed E-state index contributed by atoms with van der Waals surface area (Å²) in [4.78, 5) is 10.9. The van der Waals surface area contributed by atoms with E-state index in [1.807, 2.05) is 0 Å². The van der Waals surface area contributed by atoms with Gasteiger partial charge in [0.25, 0.3) is 0 Å². The highest BCUT2D eigenvalue weighted by Gasteiger charge is 2.16. The second-order valence-corrected chi connectivity index (χ2v) is 4.40. The molecule has 0 aromatic carbocycles. The molecule has 1 aromatic heterocycles. The molecule has 0 amide bonds. The van der Waals surface area contributed by atoms with Crippen molar-refractivity contribution < 1.29 is 19.4 Å². The molecule has 4 nitrogen and oxygen atoms in total. The first-order chi connectivity index (χ1) is 7.25. The Hall–Kier alpha value is -1.07. The van der Waals surface area contributed by atoms with E-state index in [9.17, 15) is 4.79 Å². The van der Waals surface area contributed by atoms with Crippen LogP contribution in [0.1, 0.15) is 16.1 Å². The first kappa shape index (κ1) is 10.4. The zero-order valence-electron chi connectivity index (χ0n) is 8.14. The lowest BCUT2D eigenvalue weighted by Gasteiger charge is -2.07. The van der Waals surface area contributed by atoms with Gasteiger partial charge in [0.05, 0.1) is 13.2 Å². The summed E-state index contributed by atoms with van der Waals surface area (Å²) < 4.78 is 10.7. The number of hydrogen-bond donors (Lipinski definition) is 1. The maximum Gasteiger partial charge on any atom is 0.346 e. The minimum Gasteiger partial charge on any atom is -0.492 e. The zero-order valence-corrected chi connectivity index (χ0v) is 8.96. The number of ether oxygens (including phenoxy) is 2. The molecule has 0 saturated carbocycles. The van der Waals surface area contributed by atoms with Crippen LogP contribution in [0.3, 0.4) is 0 Å². The highest BCUT2D eigenvalue weighted by atomic mass is 32.1. The maximum absolute atomic E-state index is 10.6. The van der Waals surface area contributed by atoms with E-state index in [-0.39, 0.29) is 0 Å². The largest absolute Gasteiger partial charge is 0.492 e. The minimum absolute atomic E-state index is 0.313. The highest BCUT2D eigenvalue weighted by Crippen LogP contribution is 2.23. The molecule has 0 bridgehead atoms. The fourth-order valence-electron chi connectivity index (χ4n) is 1.44. The van der Waals surface area contributed by atoms with Gasteiger partial charge in [-0.2, -0.15) is 0 Å². The molecule has 1 atom stereocenters. The van der Waals surface area contributed by atoms with Gasteiger partial charge < -0.3 is 14.6 Å². The molecule has 15 heavy (non-hydrogen) atoms. The Morgan fingerprint density at radius 1 is 1.73 bits per heavy atom. The molecule has 1 N–H and O–H groups in total. The van der Waals surface area contributed by atoms with Gasteiger partial charge in [0.1, 0.15) is 10.6 Å². The number of carboxylic acid groups (broad SMARTS) is 1. The van der Waals surface area contributed by atoms with E-state index >= 15 is 0 Å². The van der Waals surface area contributed by atoms with Crippen molar-refractivity contribution in [1.82, 2.24) is 0 Å². The average molecular weight is 228 g/mol. The Morgan fingerprint density at radius 3 is 3.20 bits per heavy atom. The van der Waals surface area contributed by atoms with Crippen molar-refractivity contribution >= 4 is 17.3 Å². The Labute approximate surface area is 91.4 Å². The van der Waals surface area contributed by atoms with E-state index in [2.05, 4.69) is 0 Å². The molecule has 5 heteroatoms. The van der Waals surface area contributed by atoms with Gasteiger partial charge in [-0.05, 0) is 6.42 Å². The van der Waals surface area contributed by atoms with Gasteiger partial charge in [0.2, 0.25) is 0 Å². The average Bonchev–Trinajstić information content (AvgIpc) is 2.86. The summed E-state index contributed by atoms with van der Waals surface area (Å²) in [6, 6.07) is 1.56. The van der Waals surface area contributed by atoms with Crippen LogP contribution in [0.5, 0.6) is 5.75 Å². The first-order valence-electron chi connectivity index (χ1n) is 4.78. The third kappa shape index (κ3) is 2.70. The quantitative estimate of drug-likeness (QED) is 0.854. The number of thiophene rings is 1. The lowest BCUT2D eigenvalue weighted by molar-refractivity contribution is 0.0701. The lowest BCUT2D eigenvalue weighted by atomic mass is 10.1. The fraction of sp³-hybridized carbons (Fsp3) is 0.500. The van der Waals surface area contributed by atoms with Gasteiger partial charge in [-0.25, -0.2) is 4.79 Å². The standard InChI is InChI=1S/C10H12O4S/c11-10(12)9-3-8(6-15-9)14-5-7-1-2-13-4-7/h3,6-7H,1-2,4-5H2,(H,11,12). The molecule has 2 heterocycles. The fourth-order valence-corrected chi connectivity index (χ4v) is 2.10. The van der Waals surface area contributed by atoms with Gasteiger partial charge in [0.15, 0.2) is 0 Å². The number of carboxylic acids is 1. The normalized spacial score (nSPS) is 20.4. The van der Waals surface area contributed by atoms with Crippen LogP contribution in [0.25, 0.3) is 0 Å². The van der Waals surface area contributed by atoms with E-state index in [1.54, 1.807) is 11.4 Å². The highest BCUT2D eigenvalue weighted by molar-refractivity contribution is 7.12. The summed E-state index contributed by atoms with van der Waals surface area (Å²) in [7, 11) is 0. The molecule has 1 saturated heterocycles. The number of rotatable bonds is 4. The van der Waals surface area contributed by atoms with Gasteiger partial charge in [-0.15, -0.1) is 11.3 Å². The summed E-state index contributed by atoms with van der Waals surface area (Å²) in [6.45, 7) is 2.16. The third-order valence-corrected chi connectivity index (χ3v) is 3.19. The molecular weight excluding hydrogens is 216 g/mol. The molecule has 1 aliphatic rings.